The number of carbonyl (C=O) groups excluding carboxylic acids is 1. The summed E-state index contributed by atoms with van der Waals surface area (Å²) in [5, 5.41) is 9.72. The zero-order chi connectivity index (χ0) is 17.8. The molecule has 4 heteroatoms. The summed E-state index contributed by atoms with van der Waals surface area (Å²) in [7, 11) is 0. The van der Waals surface area contributed by atoms with Crippen molar-refractivity contribution in [2.75, 3.05) is 6.54 Å². The van der Waals surface area contributed by atoms with Crippen LogP contribution in [0.5, 0.6) is 0 Å². The van der Waals surface area contributed by atoms with E-state index in [-0.39, 0.29) is 11.8 Å². The SMILES string of the molecule is CCC(CC(=O)N1CCc2ccccc2C1C(=O)O)c1ccccc1. The van der Waals surface area contributed by atoms with Crippen LogP contribution in [0, 0.1) is 0 Å². The average molecular weight is 337 g/mol. The maximum Gasteiger partial charge on any atom is 0.331 e. The van der Waals surface area contributed by atoms with Gasteiger partial charge in [0, 0.05) is 13.0 Å². The van der Waals surface area contributed by atoms with Gasteiger partial charge in [0.15, 0.2) is 6.04 Å². The van der Waals surface area contributed by atoms with Gasteiger partial charge in [0.05, 0.1) is 0 Å². The average Bonchev–Trinajstić information content (AvgIpc) is 2.65. The van der Waals surface area contributed by atoms with Crippen molar-refractivity contribution >= 4 is 11.9 Å². The van der Waals surface area contributed by atoms with Gasteiger partial charge < -0.3 is 10.0 Å². The van der Waals surface area contributed by atoms with Crippen LogP contribution in [0.1, 0.15) is 48.4 Å². The fourth-order valence-corrected chi connectivity index (χ4v) is 3.65. The Bertz CT molecular complexity index is 757. The second-order valence-electron chi connectivity index (χ2n) is 6.50. The summed E-state index contributed by atoms with van der Waals surface area (Å²) in [5.41, 5.74) is 2.89. The number of carboxylic acids is 1. The molecular weight excluding hydrogens is 314 g/mol. The van der Waals surface area contributed by atoms with Crippen LogP contribution in [0.3, 0.4) is 0 Å². The fraction of sp³-hybridized carbons (Fsp3) is 0.333. The van der Waals surface area contributed by atoms with Gasteiger partial charge in [0.25, 0.3) is 0 Å². The molecule has 2 aromatic carbocycles. The van der Waals surface area contributed by atoms with Crippen molar-refractivity contribution in [3.63, 3.8) is 0 Å². The summed E-state index contributed by atoms with van der Waals surface area (Å²) >= 11 is 0. The number of fused-ring (bicyclic) bond motifs is 1. The highest BCUT2D eigenvalue weighted by molar-refractivity contribution is 5.86. The smallest absolute Gasteiger partial charge is 0.331 e. The molecule has 0 fully saturated rings. The van der Waals surface area contributed by atoms with Gasteiger partial charge >= 0.3 is 5.97 Å². The zero-order valence-corrected chi connectivity index (χ0v) is 14.4. The number of carboxylic acid groups (broad SMARTS) is 1. The molecule has 1 aliphatic heterocycles. The van der Waals surface area contributed by atoms with Gasteiger partial charge in [-0.2, -0.15) is 0 Å². The molecule has 25 heavy (non-hydrogen) atoms. The monoisotopic (exact) mass is 337 g/mol. The van der Waals surface area contributed by atoms with Gasteiger partial charge in [-0.15, -0.1) is 0 Å². The molecule has 0 bridgehead atoms. The third-order valence-electron chi connectivity index (χ3n) is 5.02. The molecule has 0 radical (unpaired) electrons. The van der Waals surface area contributed by atoms with E-state index in [1.54, 1.807) is 0 Å². The lowest BCUT2D eigenvalue weighted by atomic mass is 9.89. The molecule has 2 unspecified atom stereocenters. The van der Waals surface area contributed by atoms with Crippen molar-refractivity contribution in [3.05, 3.63) is 71.3 Å². The van der Waals surface area contributed by atoms with E-state index < -0.39 is 12.0 Å². The second kappa shape index (κ2) is 7.51. The Labute approximate surface area is 148 Å². The van der Waals surface area contributed by atoms with Crippen molar-refractivity contribution in [3.8, 4) is 0 Å². The maximum atomic E-state index is 12.9. The molecule has 2 atom stereocenters. The molecule has 2 aromatic rings. The lowest BCUT2D eigenvalue weighted by molar-refractivity contribution is -0.151. The van der Waals surface area contributed by atoms with Crippen molar-refractivity contribution in [1.82, 2.24) is 4.90 Å². The van der Waals surface area contributed by atoms with Crippen molar-refractivity contribution in [2.45, 2.75) is 38.1 Å². The zero-order valence-electron chi connectivity index (χ0n) is 14.4. The largest absolute Gasteiger partial charge is 0.479 e. The van der Waals surface area contributed by atoms with E-state index in [4.69, 9.17) is 0 Å². The van der Waals surface area contributed by atoms with E-state index in [1.165, 1.54) is 4.90 Å². The van der Waals surface area contributed by atoms with Crippen LogP contribution >= 0.6 is 0 Å². The summed E-state index contributed by atoms with van der Waals surface area (Å²) < 4.78 is 0. The lowest BCUT2D eigenvalue weighted by Gasteiger charge is -2.35. The Kier molecular flexibility index (Phi) is 5.17. The Hall–Kier alpha value is -2.62. The second-order valence-corrected chi connectivity index (χ2v) is 6.50. The third kappa shape index (κ3) is 3.58. The van der Waals surface area contributed by atoms with Crippen LogP contribution in [-0.4, -0.2) is 28.4 Å². The molecule has 3 rings (SSSR count). The van der Waals surface area contributed by atoms with Gasteiger partial charge in [-0.05, 0) is 35.4 Å². The molecule has 4 nitrogen and oxygen atoms in total. The van der Waals surface area contributed by atoms with E-state index in [1.807, 2.05) is 54.6 Å². The molecule has 1 aliphatic rings. The number of aliphatic carboxylic acids is 1. The molecular formula is C21H23NO3. The van der Waals surface area contributed by atoms with Crippen LogP contribution in [0.25, 0.3) is 0 Å². The number of amides is 1. The molecule has 130 valence electrons. The number of carbonyl (C=O) groups is 2. The van der Waals surface area contributed by atoms with E-state index in [2.05, 4.69) is 6.92 Å². The number of hydrogen-bond donors (Lipinski definition) is 1. The molecule has 1 heterocycles. The van der Waals surface area contributed by atoms with E-state index >= 15 is 0 Å². The first-order chi connectivity index (χ1) is 12.1. The Morgan fingerprint density at radius 2 is 1.80 bits per heavy atom. The highest BCUT2D eigenvalue weighted by Crippen LogP contribution is 2.32. The van der Waals surface area contributed by atoms with Crippen LogP contribution in [0.4, 0.5) is 0 Å². The Balaban J connectivity index is 1.83. The normalized spacial score (nSPS) is 17.6. The van der Waals surface area contributed by atoms with Gasteiger partial charge in [0.2, 0.25) is 5.91 Å². The lowest BCUT2D eigenvalue weighted by Crippen LogP contribution is -2.43. The highest BCUT2D eigenvalue weighted by Gasteiger charge is 2.36. The first-order valence-corrected chi connectivity index (χ1v) is 8.76. The van der Waals surface area contributed by atoms with Crippen LogP contribution in [0.2, 0.25) is 0 Å². The first-order valence-electron chi connectivity index (χ1n) is 8.76. The summed E-state index contributed by atoms with van der Waals surface area (Å²) in [6.45, 7) is 2.52. The van der Waals surface area contributed by atoms with Gasteiger partial charge in [-0.25, -0.2) is 4.79 Å². The maximum absolute atomic E-state index is 12.9. The molecule has 0 spiro atoms. The number of nitrogens with zero attached hydrogens (tertiary/aromatic N) is 1. The minimum Gasteiger partial charge on any atom is -0.479 e. The van der Waals surface area contributed by atoms with E-state index in [9.17, 15) is 14.7 Å². The summed E-state index contributed by atoms with van der Waals surface area (Å²) in [4.78, 5) is 26.3. The van der Waals surface area contributed by atoms with Gasteiger partial charge in [-0.1, -0.05) is 61.5 Å². The molecule has 1 N–H and O–H groups in total. The first kappa shape index (κ1) is 17.2. The minimum atomic E-state index is -0.965. The van der Waals surface area contributed by atoms with Gasteiger partial charge in [-0.3, -0.25) is 4.79 Å². The number of benzene rings is 2. The summed E-state index contributed by atoms with van der Waals surface area (Å²) in [6.07, 6.45) is 1.89. The third-order valence-corrected chi connectivity index (χ3v) is 5.02. The fourth-order valence-electron chi connectivity index (χ4n) is 3.65. The summed E-state index contributed by atoms with van der Waals surface area (Å²) in [6, 6.07) is 16.6. The predicted molar refractivity (Wildman–Crippen MR) is 96.3 cm³/mol. The molecule has 0 saturated heterocycles. The minimum absolute atomic E-state index is 0.0855. The standard InChI is InChI=1S/C21H23NO3/c1-2-15(16-8-4-3-5-9-16)14-19(23)22-13-12-17-10-6-7-11-18(17)20(22)21(24)25/h3-11,15,20H,2,12-14H2,1H3,(H,24,25). The molecule has 0 saturated carbocycles. The topological polar surface area (TPSA) is 57.6 Å². The van der Waals surface area contributed by atoms with Gasteiger partial charge in [0.1, 0.15) is 0 Å². The molecule has 0 aromatic heterocycles. The van der Waals surface area contributed by atoms with Crippen LogP contribution in [0.15, 0.2) is 54.6 Å². The Morgan fingerprint density at radius 1 is 1.12 bits per heavy atom. The highest BCUT2D eigenvalue weighted by atomic mass is 16.4. The van der Waals surface area contributed by atoms with Crippen LogP contribution < -0.4 is 0 Å². The predicted octanol–water partition coefficient (Wildman–Crippen LogP) is 3.78. The quantitative estimate of drug-likeness (QED) is 0.903. The summed E-state index contributed by atoms with van der Waals surface area (Å²) in [5.74, 6) is -0.939. The molecule has 1 amide bonds. The Morgan fingerprint density at radius 3 is 2.48 bits per heavy atom. The van der Waals surface area contributed by atoms with E-state index in [0.29, 0.717) is 19.4 Å². The van der Waals surface area contributed by atoms with Crippen molar-refractivity contribution < 1.29 is 14.7 Å². The number of rotatable bonds is 5. The van der Waals surface area contributed by atoms with E-state index in [0.717, 1.165) is 23.1 Å². The number of hydrogen-bond acceptors (Lipinski definition) is 2. The van der Waals surface area contributed by atoms with Crippen molar-refractivity contribution in [2.24, 2.45) is 0 Å². The molecule has 0 aliphatic carbocycles. The van der Waals surface area contributed by atoms with Crippen molar-refractivity contribution in [1.29, 1.82) is 0 Å². The van der Waals surface area contributed by atoms with Crippen LogP contribution in [-0.2, 0) is 16.0 Å².